The molecule has 0 bridgehead atoms. The Morgan fingerprint density at radius 3 is 2.59 bits per heavy atom. The third-order valence-corrected chi connectivity index (χ3v) is 2.11. The summed E-state index contributed by atoms with van der Waals surface area (Å²) in [5.41, 5.74) is 1.90. The Balaban J connectivity index is 2.87. The van der Waals surface area contributed by atoms with Crippen molar-refractivity contribution in [3.8, 4) is 0 Å². The number of amides is 1. The number of carbonyl (C=O) groups is 1. The summed E-state index contributed by atoms with van der Waals surface area (Å²) >= 11 is 5.41. The Hall–Kier alpha value is -1.41. The van der Waals surface area contributed by atoms with Crippen molar-refractivity contribution in [3.05, 3.63) is 17.5 Å². The number of rotatable bonds is 2. The number of aromatic nitrogens is 2. The highest BCUT2D eigenvalue weighted by Crippen LogP contribution is 2.28. The molecule has 0 radical (unpaired) electrons. The van der Waals surface area contributed by atoms with Crippen LogP contribution in [0.1, 0.15) is 6.92 Å². The smallest absolute Gasteiger partial charge is 0.310 e. The second-order valence-corrected chi connectivity index (χ2v) is 3.70. The Morgan fingerprint density at radius 2 is 2.12 bits per heavy atom. The van der Waals surface area contributed by atoms with Crippen LogP contribution in [-0.4, -0.2) is 27.6 Å². The minimum Gasteiger partial charge on any atom is -0.310 e. The number of anilines is 1. The molecule has 3 N–H and O–H groups in total. The highest BCUT2D eigenvalue weighted by Gasteiger charge is 2.54. The number of halogens is 4. The molecule has 1 heterocycles. The van der Waals surface area contributed by atoms with E-state index in [-0.39, 0.29) is 11.1 Å². The molecular weight excluding hydrogens is 261 g/mol. The molecule has 0 spiro atoms. The number of carbonyl (C=O) groups excluding carboxylic acids is 1. The summed E-state index contributed by atoms with van der Waals surface area (Å²) in [6.07, 6.45) is -3.68. The maximum Gasteiger partial charge on any atom is 0.415 e. The predicted molar refractivity (Wildman–Crippen MR) is 54.3 cm³/mol. The van der Waals surface area contributed by atoms with Crippen molar-refractivity contribution < 1.29 is 18.0 Å². The van der Waals surface area contributed by atoms with E-state index < -0.39 is 17.6 Å². The normalized spacial score (nSPS) is 15.2. The molecule has 0 aliphatic heterocycles. The SMILES string of the molecule is CC(N)(C(=O)Nc1ccnc(Cl)n1)C(F)(F)F. The molecule has 0 aliphatic carbocycles. The predicted octanol–water partition coefficient (Wildman–Crippen LogP) is 1.35. The third-order valence-electron chi connectivity index (χ3n) is 1.93. The summed E-state index contributed by atoms with van der Waals surface area (Å²) in [6.45, 7) is 0.561. The number of hydrogen-bond donors (Lipinski definition) is 2. The summed E-state index contributed by atoms with van der Waals surface area (Å²) in [5, 5.41) is 1.71. The monoisotopic (exact) mass is 268 g/mol. The zero-order valence-corrected chi connectivity index (χ0v) is 9.30. The molecule has 17 heavy (non-hydrogen) atoms. The number of nitrogens with two attached hydrogens (primary N) is 1. The lowest BCUT2D eigenvalue weighted by Gasteiger charge is -2.25. The van der Waals surface area contributed by atoms with Gasteiger partial charge in [0.1, 0.15) is 5.82 Å². The Kier molecular flexibility index (Phi) is 3.58. The second kappa shape index (κ2) is 4.46. The van der Waals surface area contributed by atoms with Gasteiger partial charge in [-0.25, -0.2) is 9.97 Å². The molecule has 1 atom stereocenters. The van der Waals surface area contributed by atoms with Crippen LogP contribution in [0.15, 0.2) is 12.3 Å². The van der Waals surface area contributed by atoms with Crippen LogP contribution in [0.5, 0.6) is 0 Å². The van der Waals surface area contributed by atoms with Crippen LogP contribution < -0.4 is 11.1 Å². The molecule has 0 saturated carbocycles. The van der Waals surface area contributed by atoms with Gasteiger partial charge in [-0.15, -0.1) is 0 Å². The van der Waals surface area contributed by atoms with Crippen molar-refractivity contribution >= 4 is 23.3 Å². The van der Waals surface area contributed by atoms with E-state index in [1.54, 1.807) is 0 Å². The molecule has 1 amide bonds. The van der Waals surface area contributed by atoms with Gasteiger partial charge in [-0.05, 0) is 24.6 Å². The van der Waals surface area contributed by atoms with Gasteiger partial charge in [-0.1, -0.05) is 0 Å². The van der Waals surface area contributed by atoms with E-state index in [2.05, 4.69) is 9.97 Å². The molecule has 0 aromatic carbocycles. The lowest BCUT2D eigenvalue weighted by atomic mass is 10.0. The van der Waals surface area contributed by atoms with E-state index in [4.69, 9.17) is 17.3 Å². The van der Waals surface area contributed by atoms with Gasteiger partial charge in [0.25, 0.3) is 5.91 Å². The molecular formula is C8H8ClF3N4O. The van der Waals surface area contributed by atoms with Crippen molar-refractivity contribution in [2.45, 2.75) is 18.6 Å². The van der Waals surface area contributed by atoms with Crippen LogP contribution >= 0.6 is 11.6 Å². The van der Waals surface area contributed by atoms with E-state index >= 15 is 0 Å². The van der Waals surface area contributed by atoms with Gasteiger partial charge < -0.3 is 11.1 Å². The highest BCUT2D eigenvalue weighted by molar-refractivity contribution is 6.28. The van der Waals surface area contributed by atoms with Gasteiger partial charge in [-0.2, -0.15) is 13.2 Å². The van der Waals surface area contributed by atoms with E-state index in [9.17, 15) is 18.0 Å². The van der Waals surface area contributed by atoms with Gasteiger partial charge in [-0.3, -0.25) is 4.79 Å². The van der Waals surface area contributed by atoms with Gasteiger partial charge in [0.15, 0.2) is 5.54 Å². The minimum absolute atomic E-state index is 0.157. The van der Waals surface area contributed by atoms with Gasteiger partial charge in [0.2, 0.25) is 5.28 Å². The fourth-order valence-corrected chi connectivity index (χ4v) is 0.927. The molecule has 9 heteroatoms. The summed E-state index contributed by atoms with van der Waals surface area (Å²) in [5.74, 6) is -1.59. The summed E-state index contributed by atoms with van der Waals surface area (Å²) in [7, 11) is 0. The molecule has 1 aromatic rings. The largest absolute Gasteiger partial charge is 0.415 e. The van der Waals surface area contributed by atoms with E-state index in [1.807, 2.05) is 5.32 Å². The average molecular weight is 269 g/mol. The summed E-state index contributed by atoms with van der Waals surface area (Å²) < 4.78 is 37.3. The molecule has 94 valence electrons. The van der Waals surface area contributed by atoms with Crippen LogP contribution in [0.2, 0.25) is 5.28 Å². The number of nitrogens with zero attached hydrogens (tertiary/aromatic N) is 2. The van der Waals surface area contributed by atoms with Gasteiger partial charge in [0.05, 0.1) is 0 Å². The lowest BCUT2D eigenvalue weighted by molar-refractivity contribution is -0.184. The van der Waals surface area contributed by atoms with Crippen molar-refractivity contribution in [2.75, 3.05) is 5.32 Å². The van der Waals surface area contributed by atoms with Gasteiger partial charge >= 0.3 is 6.18 Å². The van der Waals surface area contributed by atoms with E-state index in [0.29, 0.717) is 6.92 Å². The third kappa shape index (κ3) is 3.04. The molecule has 0 aliphatic rings. The van der Waals surface area contributed by atoms with Crippen molar-refractivity contribution in [1.82, 2.24) is 9.97 Å². The Labute approximate surface area is 99.2 Å². The number of alkyl halides is 3. The quantitative estimate of drug-likeness (QED) is 0.794. The van der Waals surface area contributed by atoms with Crippen LogP contribution in [0.3, 0.4) is 0 Å². The van der Waals surface area contributed by atoms with E-state index in [1.165, 1.54) is 12.3 Å². The van der Waals surface area contributed by atoms with Crippen molar-refractivity contribution in [3.63, 3.8) is 0 Å². The standard InChI is InChI=1S/C8H8ClF3N4O/c1-7(13,8(10,11)12)5(17)15-4-2-3-14-6(9)16-4/h2-3H,13H2,1H3,(H,14,15,16,17). The van der Waals surface area contributed by atoms with Crippen molar-refractivity contribution in [2.24, 2.45) is 5.73 Å². The molecule has 1 unspecified atom stereocenters. The fraction of sp³-hybridized carbons (Fsp3) is 0.375. The van der Waals surface area contributed by atoms with Crippen LogP contribution in [0, 0.1) is 0 Å². The van der Waals surface area contributed by atoms with Crippen LogP contribution in [0.4, 0.5) is 19.0 Å². The molecule has 5 nitrogen and oxygen atoms in total. The molecule has 1 rings (SSSR count). The first-order valence-corrected chi connectivity index (χ1v) is 4.68. The second-order valence-electron chi connectivity index (χ2n) is 3.37. The van der Waals surface area contributed by atoms with Gasteiger partial charge in [0, 0.05) is 6.20 Å². The first-order valence-electron chi connectivity index (χ1n) is 4.30. The minimum atomic E-state index is -4.87. The van der Waals surface area contributed by atoms with E-state index in [0.717, 1.165) is 0 Å². The topological polar surface area (TPSA) is 80.9 Å². The van der Waals surface area contributed by atoms with Crippen LogP contribution in [0.25, 0.3) is 0 Å². The molecule has 0 saturated heterocycles. The number of hydrogen-bond acceptors (Lipinski definition) is 4. The molecule has 0 fully saturated rings. The maximum absolute atomic E-state index is 12.4. The highest BCUT2D eigenvalue weighted by atomic mass is 35.5. The Bertz CT molecular complexity index is 435. The zero-order valence-electron chi connectivity index (χ0n) is 8.55. The van der Waals surface area contributed by atoms with Crippen molar-refractivity contribution in [1.29, 1.82) is 0 Å². The maximum atomic E-state index is 12.4. The first-order chi connectivity index (χ1) is 7.64. The first kappa shape index (κ1) is 13.7. The summed E-state index contributed by atoms with van der Waals surface area (Å²) in [6, 6.07) is 1.19. The zero-order chi connectivity index (χ0) is 13.3. The van der Waals surface area contributed by atoms with Crippen LogP contribution in [-0.2, 0) is 4.79 Å². The number of nitrogens with one attached hydrogen (secondary N) is 1. The molecule has 1 aromatic heterocycles. The average Bonchev–Trinajstić information content (AvgIpc) is 2.15. The summed E-state index contributed by atoms with van der Waals surface area (Å²) in [4.78, 5) is 18.3. The lowest BCUT2D eigenvalue weighted by Crippen LogP contribution is -2.59. The fourth-order valence-electron chi connectivity index (χ4n) is 0.779. The Morgan fingerprint density at radius 1 is 1.53 bits per heavy atom.